The molecule has 1 fully saturated rings. The standard InChI is InChI=1S/2C11H11.C4H8Si.4C4H9.2Hf/c2*1-2-9-7-10-5-3-4-6-11(10)8-9;1-2-4-5-3-1;4*1-3-4-2;;/h2*3-8H,2H2,1H3;1-4H2;4*1,3-4H2,2H3;;. The molecule has 2 aromatic carbocycles. The number of rotatable bonds is 18. The predicted molar refractivity (Wildman–Crippen MR) is 198 cm³/mol. The number of hydrogen-bond acceptors (Lipinski definition) is 0. The van der Waals surface area contributed by atoms with Gasteiger partial charge in [-0.05, 0) is 0 Å². The van der Waals surface area contributed by atoms with Crippen LogP contribution < -0.4 is 0 Å². The van der Waals surface area contributed by atoms with Crippen molar-refractivity contribution < 1.29 is 38.3 Å². The summed E-state index contributed by atoms with van der Waals surface area (Å²) < 4.78 is 7.15. The monoisotopic (exact) mass is 958 g/mol. The molecule has 2 aromatic rings. The van der Waals surface area contributed by atoms with E-state index in [2.05, 4.69) is 102 Å². The van der Waals surface area contributed by atoms with E-state index < -0.39 is 40.7 Å². The molecule has 0 aromatic heterocycles. The summed E-state index contributed by atoms with van der Waals surface area (Å²) in [4.78, 5) is 0. The van der Waals surface area contributed by atoms with Gasteiger partial charge in [-0.15, -0.1) is 0 Å². The number of unbranched alkanes of at least 4 members (excludes halogenated alkanes) is 4. The molecular weight excluding hydrogens is 890 g/mol. The van der Waals surface area contributed by atoms with Crippen molar-refractivity contribution in [1.82, 2.24) is 0 Å². The van der Waals surface area contributed by atoms with Gasteiger partial charge in [0.25, 0.3) is 0 Å². The summed E-state index contributed by atoms with van der Waals surface area (Å²) >= 11 is -6.32. The molecule has 45 heavy (non-hydrogen) atoms. The van der Waals surface area contributed by atoms with Gasteiger partial charge in [-0.25, -0.2) is 0 Å². The molecule has 2 aliphatic carbocycles. The van der Waals surface area contributed by atoms with E-state index in [1.165, 1.54) is 64.2 Å². The first-order valence-corrected chi connectivity index (χ1v) is 47.1. The van der Waals surface area contributed by atoms with Crippen molar-refractivity contribution in [2.24, 2.45) is 0 Å². The van der Waals surface area contributed by atoms with E-state index >= 15 is 0 Å². The number of hydrogen-bond donors (Lipinski definition) is 0. The van der Waals surface area contributed by atoms with Crippen molar-refractivity contribution in [3.63, 3.8) is 0 Å². The Bertz CT molecular complexity index is 1200. The molecule has 1 heterocycles. The molecule has 2 unspecified atom stereocenters. The van der Waals surface area contributed by atoms with Gasteiger partial charge in [-0.1, -0.05) is 0 Å². The first-order chi connectivity index (χ1) is 22.0. The fourth-order valence-electron chi connectivity index (χ4n) is 11.5. The van der Waals surface area contributed by atoms with Gasteiger partial charge < -0.3 is 0 Å². The van der Waals surface area contributed by atoms with E-state index in [9.17, 15) is 0 Å². The van der Waals surface area contributed by atoms with Crippen LogP contribution in [0, 0.1) is 0 Å². The first-order valence-electron chi connectivity index (χ1n) is 19.6. The van der Waals surface area contributed by atoms with Crippen LogP contribution in [0.15, 0.2) is 59.7 Å². The number of fused-ring (bicyclic) bond motifs is 2. The van der Waals surface area contributed by atoms with Crippen LogP contribution >= 0.6 is 0 Å². The Kier molecular flexibility index (Phi) is 13.3. The van der Waals surface area contributed by atoms with Gasteiger partial charge in [-0.3, -0.25) is 0 Å². The van der Waals surface area contributed by atoms with E-state index in [-0.39, 0.29) is 0 Å². The van der Waals surface area contributed by atoms with Crippen LogP contribution in [0.2, 0.25) is 28.8 Å². The first kappa shape index (κ1) is 36.2. The summed E-state index contributed by atoms with van der Waals surface area (Å²) in [5.74, 6) is 0. The van der Waals surface area contributed by atoms with Crippen LogP contribution in [0.5, 0.6) is 0 Å². The minimum atomic E-state index is -3.16. The third-order valence-corrected chi connectivity index (χ3v) is 203. The topological polar surface area (TPSA) is 0 Å². The summed E-state index contributed by atoms with van der Waals surface area (Å²) in [6.07, 6.45) is 23.0. The predicted octanol–water partition coefficient (Wildman–Crippen LogP) is 14.5. The van der Waals surface area contributed by atoms with Gasteiger partial charge in [0.2, 0.25) is 0 Å². The molecule has 246 valence electrons. The molecule has 0 N–H and O–H groups in total. The van der Waals surface area contributed by atoms with Crippen molar-refractivity contribution in [2.75, 3.05) is 0 Å². The third-order valence-electron chi connectivity index (χ3n) is 13.2. The Labute approximate surface area is 287 Å². The van der Waals surface area contributed by atoms with Gasteiger partial charge in [0.1, 0.15) is 0 Å². The second-order valence-electron chi connectivity index (χ2n) is 15.3. The fraction of sp³-hybridized carbons (Fsp3) is 0.619. The molecule has 0 nitrogen and oxygen atoms in total. The molecule has 0 spiro atoms. The Morgan fingerprint density at radius 3 is 1.22 bits per heavy atom. The average Bonchev–Trinajstić information content (AvgIpc) is 3.82. The Morgan fingerprint density at radius 1 is 0.533 bits per heavy atom. The minimum absolute atomic E-state index is 0.898. The molecule has 5 rings (SSSR count). The van der Waals surface area contributed by atoms with Gasteiger partial charge in [0.05, 0.1) is 0 Å². The van der Waals surface area contributed by atoms with Gasteiger partial charge >= 0.3 is 290 Å². The molecule has 0 radical (unpaired) electrons. The van der Waals surface area contributed by atoms with Crippen LogP contribution in [-0.4, -0.2) is 2.45 Å². The van der Waals surface area contributed by atoms with Gasteiger partial charge in [0, 0.05) is 0 Å². The fourth-order valence-corrected chi connectivity index (χ4v) is 294. The van der Waals surface area contributed by atoms with Crippen LogP contribution in [0.25, 0.3) is 12.2 Å². The summed E-state index contributed by atoms with van der Waals surface area (Å²) in [7, 11) is 0. The van der Waals surface area contributed by atoms with E-state index in [1.54, 1.807) is 52.8 Å². The molecule has 3 aliphatic rings. The van der Waals surface area contributed by atoms with Crippen LogP contribution in [0.4, 0.5) is 0 Å². The van der Waals surface area contributed by atoms with Crippen molar-refractivity contribution >= 4 is 14.6 Å². The molecule has 2 atom stereocenters. The molecule has 1 saturated heterocycles. The maximum absolute atomic E-state index is 3.16. The van der Waals surface area contributed by atoms with Crippen molar-refractivity contribution in [3.05, 3.63) is 81.9 Å². The van der Waals surface area contributed by atoms with E-state index in [4.69, 9.17) is 0 Å². The summed E-state index contributed by atoms with van der Waals surface area (Å²) in [6.45, 7) is 15.2. The summed E-state index contributed by atoms with van der Waals surface area (Å²) in [5, 5.41) is 0. The van der Waals surface area contributed by atoms with Gasteiger partial charge in [-0.2, -0.15) is 0 Å². The van der Waals surface area contributed by atoms with Crippen molar-refractivity contribution in [3.8, 4) is 0 Å². The summed E-state index contributed by atoms with van der Waals surface area (Å²) in [6, 6.07) is 23.4. The normalized spacial score (nSPS) is 20.7. The SMILES string of the molecule is CCC[CH2][Hf]([CH2]CCC)([CH]1C(CC)=Cc2ccccc21)[Si]1([Hf]([CH2]CCC)([CH2]CCC)[CH]2C(CC)=Cc3ccccc32)CCCC1. The van der Waals surface area contributed by atoms with Crippen molar-refractivity contribution in [1.29, 1.82) is 0 Å². The molecule has 0 amide bonds. The second kappa shape index (κ2) is 16.5. The summed E-state index contributed by atoms with van der Waals surface area (Å²) in [5.41, 5.74) is 10.8. The maximum atomic E-state index is 2.75. The average molecular weight is 956 g/mol. The quantitative estimate of drug-likeness (QED) is 0.131. The second-order valence-corrected chi connectivity index (χ2v) is 103. The molecule has 1 aliphatic heterocycles. The van der Waals surface area contributed by atoms with Crippen molar-refractivity contribution in [2.45, 2.75) is 155 Å². The van der Waals surface area contributed by atoms with Crippen LogP contribution in [-0.2, 0) is 38.3 Å². The molecule has 0 bridgehead atoms. The van der Waals surface area contributed by atoms with E-state index in [1.807, 2.05) is 22.3 Å². The Morgan fingerprint density at radius 2 is 0.889 bits per heavy atom. The van der Waals surface area contributed by atoms with Crippen LogP contribution in [0.3, 0.4) is 0 Å². The zero-order valence-corrected chi connectivity index (χ0v) is 38.3. The Balaban J connectivity index is 1.87. The van der Waals surface area contributed by atoms with Crippen LogP contribution in [0.1, 0.15) is 148 Å². The third kappa shape index (κ3) is 6.49. The molecular formula is C42H66Hf2Si. The molecule has 3 heteroatoms. The van der Waals surface area contributed by atoms with Gasteiger partial charge in [0.15, 0.2) is 0 Å². The zero-order chi connectivity index (χ0) is 31.9. The Hall–Kier alpha value is -0.123. The zero-order valence-electron chi connectivity index (χ0n) is 30.2. The van der Waals surface area contributed by atoms with E-state index in [0.717, 1.165) is 7.35 Å². The number of allylic oxidation sites excluding steroid dienone is 2. The molecule has 0 saturated carbocycles. The number of benzene rings is 2. The van der Waals surface area contributed by atoms with E-state index in [0.29, 0.717) is 0 Å².